The van der Waals surface area contributed by atoms with E-state index in [1.807, 2.05) is 6.07 Å². The molecule has 4 aromatic rings. The van der Waals surface area contributed by atoms with Gasteiger partial charge in [-0.2, -0.15) is 0 Å². The van der Waals surface area contributed by atoms with Crippen molar-refractivity contribution in [1.82, 2.24) is 4.98 Å². The van der Waals surface area contributed by atoms with E-state index in [1.165, 1.54) is 49.2 Å². The Labute approximate surface area is 272 Å². The molecule has 2 unspecified atom stereocenters. The summed E-state index contributed by atoms with van der Waals surface area (Å²) in [6.45, 7) is 5.26. The molecule has 0 radical (unpaired) electrons. The summed E-state index contributed by atoms with van der Waals surface area (Å²) in [6.07, 6.45) is 6.96. The Morgan fingerprint density at radius 2 is 1.47 bits per heavy atom. The molecule has 3 aromatic carbocycles. The molecule has 2 amide bonds. The minimum atomic E-state index is -1.27. The van der Waals surface area contributed by atoms with E-state index in [0.29, 0.717) is 59.2 Å². The first-order valence-corrected chi connectivity index (χ1v) is 16.1. The maximum atomic E-state index is 15.3. The lowest BCUT2D eigenvalue weighted by atomic mass is 9.92. The highest BCUT2D eigenvalue weighted by molar-refractivity contribution is 6.16. The van der Waals surface area contributed by atoms with Gasteiger partial charge in [-0.15, -0.1) is 0 Å². The molecule has 0 bridgehead atoms. The zero-order valence-corrected chi connectivity index (χ0v) is 26.8. The molecular weight excluding hydrogens is 604 g/mol. The van der Waals surface area contributed by atoms with Gasteiger partial charge in [0.25, 0.3) is 0 Å². The normalized spacial score (nSPS) is 20.1. The van der Waals surface area contributed by atoms with Crippen LogP contribution in [0.5, 0.6) is 23.0 Å². The first kappa shape index (κ1) is 32.2. The summed E-state index contributed by atoms with van der Waals surface area (Å²) in [6, 6.07) is 14.6. The fraction of sp³-hybridized carbons (Fsp3) is 0.378. The number of halogens is 2. The lowest BCUT2D eigenvalue weighted by Crippen LogP contribution is -2.35. The van der Waals surface area contributed by atoms with Crippen molar-refractivity contribution in [3.63, 3.8) is 0 Å². The summed E-state index contributed by atoms with van der Waals surface area (Å²) in [5.74, 6) is 1.20. The molecule has 6 rings (SSSR count). The highest BCUT2D eigenvalue weighted by Crippen LogP contribution is 2.48. The maximum Gasteiger partial charge on any atom is 0.240 e. The van der Waals surface area contributed by atoms with Gasteiger partial charge in [-0.3, -0.25) is 14.6 Å². The molecule has 2 fully saturated rings. The van der Waals surface area contributed by atoms with Crippen LogP contribution in [0.25, 0.3) is 10.9 Å². The lowest BCUT2D eigenvalue weighted by Gasteiger charge is -2.18. The number of methoxy groups -OCH3 is 1. The number of benzene rings is 3. The molecule has 2 aliphatic carbocycles. The van der Waals surface area contributed by atoms with Gasteiger partial charge in [0.1, 0.15) is 17.0 Å². The number of carbonyl (C=O) groups excluding carboxylic acids is 2. The molecule has 0 aliphatic heterocycles. The number of hydrogen-bond donors (Lipinski definition) is 2. The molecule has 1 aromatic heterocycles. The smallest absolute Gasteiger partial charge is 0.240 e. The Hall–Kier alpha value is -4.73. The number of ether oxygens (including phenoxy) is 3. The van der Waals surface area contributed by atoms with Crippen LogP contribution in [0.4, 0.5) is 20.2 Å². The Balaban J connectivity index is 1.13. The summed E-state index contributed by atoms with van der Waals surface area (Å²) in [4.78, 5) is 30.4. The molecule has 47 heavy (non-hydrogen) atoms. The van der Waals surface area contributed by atoms with Crippen LogP contribution in [0, 0.1) is 34.8 Å². The minimum absolute atomic E-state index is 0.0539. The van der Waals surface area contributed by atoms with Gasteiger partial charge in [-0.25, -0.2) is 8.78 Å². The van der Waals surface area contributed by atoms with Crippen molar-refractivity contribution in [2.24, 2.45) is 23.2 Å². The van der Waals surface area contributed by atoms with Gasteiger partial charge in [-0.05, 0) is 92.0 Å². The average Bonchev–Trinajstić information content (AvgIpc) is 3.90. The van der Waals surface area contributed by atoms with Crippen molar-refractivity contribution in [1.29, 1.82) is 0 Å². The molecule has 2 aliphatic rings. The molecule has 10 heteroatoms. The van der Waals surface area contributed by atoms with Gasteiger partial charge in [0.2, 0.25) is 11.8 Å². The molecule has 246 valence electrons. The van der Waals surface area contributed by atoms with Crippen molar-refractivity contribution in [2.45, 2.75) is 52.4 Å². The molecule has 2 saturated carbocycles. The van der Waals surface area contributed by atoms with Crippen LogP contribution in [-0.2, 0) is 9.59 Å². The van der Waals surface area contributed by atoms with Crippen molar-refractivity contribution < 1.29 is 32.6 Å². The van der Waals surface area contributed by atoms with E-state index < -0.39 is 28.9 Å². The van der Waals surface area contributed by atoms with Crippen LogP contribution in [-0.4, -0.2) is 30.5 Å². The number of pyridine rings is 1. The second-order valence-electron chi connectivity index (χ2n) is 12.9. The van der Waals surface area contributed by atoms with Gasteiger partial charge in [-0.1, -0.05) is 26.7 Å². The Bertz CT molecular complexity index is 1760. The van der Waals surface area contributed by atoms with Gasteiger partial charge in [0.15, 0.2) is 23.1 Å². The van der Waals surface area contributed by atoms with Crippen LogP contribution in [0.15, 0.2) is 66.9 Å². The number of carbonyl (C=O) groups is 2. The van der Waals surface area contributed by atoms with Crippen LogP contribution >= 0.6 is 0 Å². The van der Waals surface area contributed by atoms with Crippen molar-refractivity contribution in [3.05, 3.63) is 78.5 Å². The van der Waals surface area contributed by atoms with Gasteiger partial charge >= 0.3 is 0 Å². The van der Waals surface area contributed by atoms with E-state index >= 15 is 4.39 Å². The number of nitrogens with one attached hydrogen (secondary N) is 2. The number of hydrogen-bond acceptors (Lipinski definition) is 6. The molecule has 2 atom stereocenters. The summed E-state index contributed by atoms with van der Waals surface area (Å²) in [7, 11) is 1.57. The average molecular weight is 644 g/mol. The Morgan fingerprint density at radius 3 is 2.11 bits per heavy atom. The predicted octanol–water partition coefficient (Wildman–Crippen LogP) is 8.51. The van der Waals surface area contributed by atoms with E-state index in [1.54, 1.807) is 25.4 Å². The van der Waals surface area contributed by atoms with Crippen molar-refractivity contribution in [2.75, 3.05) is 24.4 Å². The highest BCUT2D eigenvalue weighted by Gasteiger charge is 2.56. The summed E-state index contributed by atoms with van der Waals surface area (Å²) < 4.78 is 46.4. The van der Waals surface area contributed by atoms with E-state index in [9.17, 15) is 14.0 Å². The number of rotatable bonds is 10. The topological polar surface area (TPSA) is 98.8 Å². The number of aromatic nitrogens is 1. The molecule has 8 nitrogen and oxygen atoms in total. The van der Waals surface area contributed by atoms with Crippen LogP contribution in [0.1, 0.15) is 52.4 Å². The van der Waals surface area contributed by atoms with E-state index in [0.717, 1.165) is 30.7 Å². The summed E-state index contributed by atoms with van der Waals surface area (Å²) in [5, 5.41) is 5.93. The SMILES string of the molecule is COc1cc2c(Oc3ccc(NC(=O)C4(C(=O)Nc5ccc(F)cc5)CC4)cc3F)ccnc2cc1OCC1CCC(C)C(C)CC1. The number of amides is 2. The summed E-state index contributed by atoms with van der Waals surface area (Å²) >= 11 is 0. The third kappa shape index (κ3) is 7.16. The summed E-state index contributed by atoms with van der Waals surface area (Å²) in [5.41, 5.74) is -0.0994. The maximum absolute atomic E-state index is 15.3. The Morgan fingerprint density at radius 1 is 0.809 bits per heavy atom. The predicted molar refractivity (Wildman–Crippen MR) is 176 cm³/mol. The largest absolute Gasteiger partial charge is 0.493 e. The Kier molecular flexibility index (Phi) is 9.29. The molecule has 1 heterocycles. The number of anilines is 2. The molecule has 0 spiro atoms. The van der Waals surface area contributed by atoms with Crippen LogP contribution < -0.4 is 24.8 Å². The molecular formula is C37H39F2N3O5. The fourth-order valence-electron chi connectivity index (χ4n) is 6.07. The van der Waals surface area contributed by atoms with Gasteiger partial charge in [0.05, 0.1) is 19.2 Å². The lowest BCUT2D eigenvalue weighted by molar-refractivity contribution is -0.131. The number of fused-ring (bicyclic) bond motifs is 1. The van der Waals surface area contributed by atoms with Gasteiger partial charge in [0, 0.05) is 35.1 Å². The van der Waals surface area contributed by atoms with E-state index in [4.69, 9.17) is 14.2 Å². The number of nitrogens with zero attached hydrogens (tertiary/aromatic N) is 1. The minimum Gasteiger partial charge on any atom is -0.493 e. The van der Waals surface area contributed by atoms with Gasteiger partial charge < -0.3 is 24.8 Å². The zero-order valence-electron chi connectivity index (χ0n) is 26.8. The zero-order chi connectivity index (χ0) is 33.1. The standard InChI is InChI=1S/C37H39F2N3O5/c1-22-4-6-24(7-5-23(22)2)21-46-34-20-30-28(19-33(34)45-3)31(14-17-40-30)47-32-13-12-27(18-29(32)39)42-36(44)37(15-16-37)35(43)41-26-10-8-25(38)9-11-26/h8-14,17-20,22-24H,4-7,15-16,21H2,1-3H3,(H,41,43)(H,42,44). The first-order chi connectivity index (χ1) is 22.6. The van der Waals surface area contributed by atoms with Crippen LogP contribution in [0.2, 0.25) is 0 Å². The van der Waals surface area contributed by atoms with Crippen LogP contribution in [0.3, 0.4) is 0 Å². The van der Waals surface area contributed by atoms with Crippen molar-refractivity contribution >= 4 is 34.1 Å². The fourth-order valence-corrected chi connectivity index (χ4v) is 6.07. The monoisotopic (exact) mass is 643 g/mol. The van der Waals surface area contributed by atoms with E-state index in [2.05, 4.69) is 29.5 Å². The second-order valence-corrected chi connectivity index (χ2v) is 12.9. The third-order valence-electron chi connectivity index (χ3n) is 9.62. The first-order valence-electron chi connectivity index (χ1n) is 16.1. The second kappa shape index (κ2) is 13.6. The highest BCUT2D eigenvalue weighted by atomic mass is 19.1. The molecule has 2 N–H and O–H groups in total. The third-order valence-corrected chi connectivity index (χ3v) is 9.62. The molecule has 0 saturated heterocycles. The van der Waals surface area contributed by atoms with E-state index in [-0.39, 0.29) is 11.4 Å². The quantitative estimate of drug-likeness (QED) is 0.133. The van der Waals surface area contributed by atoms with Crippen molar-refractivity contribution in [3.8, 4) is 23.0 Å².